The molecule has 0 atom stereocenters. The number of rotatable bonds is 10. The van der Waals surface area contributed by atoms with E-state index < -0.39 is 35.2 Å². The molecule has 0 spiro atoms. The highest BCUT2D eigenvalue weighted by atomic mass is 35.5. The van der Waals surface area contributed by atoms with Gasteiger partial charge < -0.3 is 25.3 Å². The van der Waals surface area contributed by atoms with Gasteiger partial charge in [-0.05, 0) is 45.0 Å². The molecule has 2 heterocycles. The number of aryl methyl sites for hydroxylation is 1. The van der Waals surface area contributed by atoms with Gasteiger partial charge in [-0.25, -0.2) is 14.2 Å². The van der Waals surface area contributed by atoms with Crippen molar-refractivity contribution in [3.8, 4) is 0 Å². The molecule has 0 aliphatic heterocycles. The number of hydrogen-bond donors (Lipinski definition) is 3. The quantitative estimate of drug-likeness (QED) is 0.243. The van der Waals surface area contributed by atoms with Crippen LogP contribution in [0.4, 0.5) is 14.9 Å². The molecule has 0 bridgehead atoms. The van der Waals surface area contributed by atoms with E-state index in [0.29, 0.717) is 22.3 Å². The summed E-state index contributed by atoms with van der Waals surface area (Å²) in [6, 6.07) is 9.09. The molecule has 2 aromatic carbocycles. The predicted octanol–water partition coefficient (Wildman–Crippen LogP) is 3.35. The molecule has 0 aliphatic carbocycles. The Labute approximate surface area is 257 Å². The van der Waals surface area contributed by atoms with Gasteiger partial charge in [-0.1, -0.05) is 23.7 Å². The maximum absolute atomic E-state index is 14.3. The largest absolute Gasteiger partial charge is 0.444 e. The minimum atomic E-state index is -0.839. The number of carbonyl (C=O) groups is 4. The van der Waals surface area contributed by atoms with E-state index in [1.165, 1.54) is 27.8 Å². The maximum atomic E-state index is 14.3. The predicted molar refractivity (Wildman–Crippen MR) is 160 cm³/mol. The van der Waals surface area contributed by atoms with Crippen molar-refractivity contribution in [1.82, 2.24) is 29.5 Å². The normalized spacial score (nSPS) is 11.3. The molecule has 4 rings (SSSR count). The van der Waals surface area contributed by atoms with Crippen molar-refractivity contribution < 1.29 is 28.3 Å². The van der Waals surface area contributed by atoms with E-state index in [4.69, 9.17) is 22.1 Å². The summed E-state index contributed by atoms with van der Waals surface area (Å²) >= 11 is 5.83. The van der Waals surface area contributed by atoms with Gasteiger partial charge >= 0.3 is 6.09 Å². The summed E-state index contributed by atoms with van der Waals surface area (Å²) in [5.74, 6) is -2.55. The van der Waals surface area contributed by atoms with Crippen LogP contribution >= 0.6 is 11.6 Å². The van der Waals surface area contributed by atoms with Crippen LogP contribution in [-0.4, -0.2) is 60.2 Å². The minimum absolute atomic E-state index is 0.00947. The molecule has 4 aromatic rings. The first-order chi connectivity index (χ1) is 20.7. The molecule has 4 amide bonds. The molecule has 0 saturated heterocycles. The molecule has 15 heteroatoms. The van der Waals surface area contributed by atoms with Gasteiger partial charge in [0, 0.05) is 36.4 Å². The summed E-state index contributed by atoms with van der Waals surface area (Å²) in [4.78, 5) is 56.5. The van der Waals surface area contributed by atoms with Gasteiger partial charge in [0.2, 0.25) is 11.8 Å². The van der Waals surface area contributed by atoms with E-state index in [1.807, 2.05) is 0 Å². The lowest BCUT2D eigenvalue weighted by Gasteiger charge is -2.22. The number of nitrogens with one attached hydrogen (secondary N) is 2. The monoisotopic (exact) mass is 626 g/mol. The lowest BCUT2D eigenvalue weighted by atomic mass is 10.2. The highest BCUT2D eigenvalue weighted by Crippen LogP contribution is 2.24. The summed E-state index contributed by atoms with van der Waals surface area (Å²) in [7, 11) is 1.77. The van der Waals surface area contributed by atoms with E-state index in [1.54, 1.807) is 63.1 Å². The summed E-state index contributed by atoms with van der Waals surface area (Å²) in [6.07, 6.45) is 2.57. The van der Waals surface area contributed by atoms with Crippen LogP contribution in [0.5, 0.6) is 0 Å². The van der Waals surface area contributed by atoms with E-state index >= 15 is 0 Å². The molecule has 232 valence electrons. The number of ether oxygens (including phenoxy) is 1. The molecule has 44 heavy (non-hydrogen) atoms. The number of aromatic nitrogens is 4. The molecule has 0 fully saturated rings. The van der Waals surface area contributed by atoms with Gasteiger partial charge in [-0.2, -0.15) is 5.10 Å². The number of nitrogens with two attached hydrogens (primary N) is 1. The van der Waals surface area contributed by atoms with E-state index in [9.17, 15) is 23.6 Å². The van der Waals surface area contributed by atoms with E-state index in [2.05, 4.69) is 20.7 Å². The number of imidazole rings is 1. The Morgan fingerprint density at radius 1 is 1.16 bits per heavy atom. The van der Waals surface area contributed by atoms with Crippen LogP contribution < -0.4 is 16.4 Å². The third-order valence-corrected chi connectivity index (χ3v) is 6.51. The number of halogens is 2. The average molecular weight is 627 g/mol. The number of amides is 4. The van der Waals surface area contributed by atoms with Gasteiger partial charge in [0.25, 0.3) is 5.91 Å². The second-order valence-corrected chi connectivity index (χ2v) is 11.4. The first-order valence-corrected chi connectivity index (χ1v) is 13.8. The van der Waals surface area contributed by atoms with Gasteiger partial charge in [-0.15, -0.1) is 0 Å². The Bertz CT molecular complexity index is 1730. The van der Waals surface area contributed by atoms with Crippen molar-refractivity contribution in [2.45, 2.75) is 46.0 Å². The summed E-state index contributed by atoms with van der Waals surface area (Å²) < 4.78 is 22.5. The standard InChI is InChI=1S/C29H32ClFN8O5/c1-29(2,3)44-28(43)35-18-8-9-22-20(10-18)26(27(32)42)36-39(22)15-24(41)38(13-19-12-37(4)16-34-19)14-23(40)33-11-17-6-5-7-21(30)25(17)31/h5-10,12,16H,11,13-15H2,1-4H3,(H2,32,42)(H,33,40)(H,35,43). The highest BCUT2D eigenvalue weighted by molar-refractivity contribution is 6.30. The molecule has 13 nitrogen and oxygen atoms in total. The third-order valence-electron chi connectivity index (χ3n) is 6.22. The van der Waals surface area contributed by atoms with Crippen LogP contribution in [0.25, 0.3) is 10.9 Å². The fourth-order valence-electron chi connectivity index (χ4n) is 4.29. The molecule has 4 N–H and O–H groups in total. The first-order valence-electron chi connectivity index (χ1n) is 13.4. The second-order valence-electron chi connectivity index (χ2n) is 11.0. The first kappa shape index (κ1) is 31.9. The van der Waals surface area contributed by atoms with Crippen LogP contribution in [0.3, 0.4) is 0 Å². The van der Waals surface area contributed by atoms with Crippen molar-refractivity contribution in [2.75, 3.05) is 11.9 Å². The number of primary amides is 1. The van der Waals surface area contributed by atoms with Crippen LogP contribution in [0.15, 0.2) is 48.9 Å². The number of carbonyl (C=O) groups excluding carboxylic acids is 4. The van der Waals surface area contributed by atoms with Gasteiger partial charge in [-0.3, -0.25) is 24.4 Å². The fourth-order valence-corrected chi connectivity index (χ4v) is 4.49. The lowest BCUT2D eigenvalue weighted by Crippen LogP contribution is -2.41. The zero-order valence-electron chi connectivity index (χ0n) is 24.6. The van der Waals surface area contributed by atoms with Gasteiger partial charge in [0.05, 0.1) is 35.7 Å². The summed E-state index contributed by atoms with van der Waals surface area (Å²) in [6.45, 7) is 4.30. The molecule has 2 aromatic heterocycles. The number of fused-ring (bicyclic) bond motifs is 1. The van der Waals surface area contributed by atoms with Crippen molar-refractivity contribution in [3.05, 3.63) is 76.7 Å². The smallest absolute Gasteiger partial charge is 0.412 e. The lowest BCUT2D eigenvalue weighted by molar-refractivity contribution is -0.137. The Balaban J connectivity index is 1.55. The third kappa shape index (κ3) is 8.10. The zero-order valence-corrected chi connectivity index (χ0v) is 25.3. The number of anilines is 1. The van der Waals surface area contributed by atoms with Gasteiger partial charge in [0.1, 0.15) is 18.0 Å². The number of hydrogen-bond acceptors (Lipinski definition) is 7. The average Bonchev–Trinajstić information content (AvgIpc) is 3.50. The molecule has 0 radical (unpaired) electrons. The minimum Gasteiger partial charge on any atom is -0.444 e. The number of benzene rings is 2. The summed E-state index contributed by atoms with van der Waals surface area (Å²) in [5, 5.41) is 9.69. The Hall–Kier alpha value is -4.98. The Morgan fingerprint density at radius 3 is 2.57 bits per heavy atom. The SMILES string of the molecule is Cn1cnc(CN(CC(=O)NCc2cccc(Cl)c2F)C(=O)Cn2nc(C(N)=O)c3cc(NC(=O)OC(C)(C)C)ccc32)c1. The van der Waals surface area contributed by atoms with Crippen LogP contribution in [-0.2, 0) is 41.0 Å². The van der Waals surface area contributed by atoms with Crippen molar-refractivity contribution in [2.24, 2.45) is 12.8 Å². The van der Waals surface area contributed by atoms with Crippen molar-refractivity contribution in [3.63, 3.8) is 0 Å². The van der Waals surface area contributed by atoms with Crippen molar-refractivity contribution in [1.29, 1.82) is 0 Å². The highest BCUT2D eigenvalue weighted by Gasteiger charge is 2.23. The molecule has 0 saturated carbocycles. The Kier molecular flexibility index (Phi) is 9.53. The molecule has 0 aliphatic rings. The van der Waals surface area contributed by atoms with Gasteiger partial charge in [0.15, 0.2) is 5.69 Å². The summed E-state index contributed by atoms with van der Waals surface area (Å²) in [5.41, 5.74) is 6.16. The van der Waals surface area contributed by atoms with E-state index in [0.717, 1.165) is 0 Å². The van der Waals surface area contributed by atoms with Crippen LogP contribution in [0, 0.1) is 5.82 Å². The molecule has 0 unspecified atom stereocenters. The second kappa shape index (κ2) is 13.1. The maximum Gasteiger partial charge on any atom is 0.412 e. The zero-order chi connectivity index (χ0) is 32.2. The van der Waals surface area contributed by atoms with Crippen LogP contribution in [0.1, 0.15) is 42.5 Å². The molecular formula is C29H32ClFN8O5. The fraction of sp³-hybridized carbons (Fsp3) is 0.310. The number of nitrogens with zero attached hydrogens (tertiary/aromatic N) is 5. The Morgan fingerprint density at radius 2 is 1.91 bits per heavy atom. The van der Waals surface area contributed by atoms with Crippen LogP contribution in [0.2, 0.25) is 5.02 Å². The van der Waals surface area contributed by atoms with E-state index in [-0.39, 0.29) is 42.5 Å². The topological polar surface area (TPSA) is 166 Å². The van der Waals surface area contributed by atoms with Crippen molar-refractivity contribution >= 4 is 52.0 Å². The molecular weight excluding hydrogens is 595 g/mol.